The molecule has 3 nitrogen and oxygen atoms in total. The van der Waals surface area contributed by atoms with Gasteiger partial charge in [0.2, 0.25) is 0 Å². The summed E-state index contributed by atoms with van der Waals surface area (Å²) in [4.78, 5) is 8.51. The van der Waals surface area contributed by atoms with Crippen LogP contribution in [-0.2, 0) is 4.74 Å². The van der Waals surface area contributed by atoms with E-state index in [2.05, 4.69) is 9.97 Å². The highest BCUT2D eigenvalue weighted by atomic mass is 35.5. The maximum absolute atomic E-state index is 5.83. The third-order valence-electron chi connectivity index (χ3n) is 3.08. The number of ether oxygens (including phenoxy) is 1. The fourth-order valence-electron chi connectivity index (χ4n) is 2.44. The van der Waals surface area contributed by atoms with Gasteiger partial charge in [-0.3, -0.25) is 0 Å². The molecule has 0 radical (unpaired) electrons. The van der Waals surface area contributed by atoms with Crippen molar-refractivity contribution in [3.8, 4) is 0 Å². The summed E-state index contributed by atoms with van der Waals surface area (Å²) in [5.74, 6) is 1.22. The Bertz CT molecular complexity index is 358. The van der Waals surface area contributed by atoms with Gasteiger partial charge < -0.3 is 4.74 Å². The number of fused-ring (bicyclic) bond motifs is 2. The van der Waals surface area contributed by atoms with Crippen molar-refractivity contribution in [2.45, 2.75) is 37.4 Å². The molecule has 0 aliphatic carbocycles. The predicted octanol–water partition coefficient (Wildman–Crippen LogP) is 2.16. The van der Waals surface area contributed by atoms with Crippen molar-refractivity contribution in [3.05, 3.63) is 23.2 Å². The lowest BCUT2D eigenvalue weighted by Crippen LogP contribution is -2.16. The summed E-state index contributed by atoms with van der Waals surface area (Å²) < 4.78 is 5.76. The number of hydrogen-bond donors (Lipinski definition) is 0. The Morgan fingerprint density at radius 3 is 3.00 bits per heavy atom. The first-order valence-corrected chi connectivity index (χ1v) is 5.34. The average Bonchev–Trinajstić information content (AvgIpc) is 2.78. The van der Waals surface area contributed by atoms with Crippen molar-refractivity contribution in [2.75, 3.05) is 0 Å². The molecule has 1 aromatic heterocycles. The van der Waals surface area contributed by atoms with Crippen molar-refractivity contribution in [3.63, 3.8) is 0 Å². The summed E-state index contributed by atoms with van der Waals surface area (Å²) in [6, 6.07) is 1.71. The number of rotatable bonds is 1. The minimum Gasteiger partial charge on any atom is -0.374 e. The van der Waals surface area contributed by atoms with Crippen LogP contribution in [0.3, 0.4) is 0 Å². The first kappa shape index (κ1) is 8.62. The average molecular weight is 211 g/mol. The van der Waals surface area contributed by atoms with Gasteiger partial charge in [-0.1, -0.05) is 11.6 Å². The van der Waals surface area contributed by atoms with E-state index in [4.69, 9.17) is 16.3 Å². The van der Waals surface area contributed by atoms with Gasteiger partial charge in [-0.15, -0.1) is 0 Å². The van der Waals surface area contributed by atoms with Crippen LogP contribution in [0.1, 0.15) is 31.0 Å². The van der Waals surface area contributed by atoms with Gasteiger partial charge in [-0.25, -0.2) is 9.97 Å². The molecule has 3 unspecified atom stereocenters. The zero-order valence-electron chi connectivity index (χ0n) is 7.69. The molecule has 2 aliphatic heterocycles. The fourth-order valence-corrected chi connectivity index (χ4v) is 2.58. The number of halogens is 1. The fraction of sp³-hybridized carbons (Fsp3) is 0.600. The van der Waals surface area contributed by atoms with E-state index in [1.54, 1.807) is 12.3 Å². The van der Waals surface area contributed by atoms with Gasteiger partial charge in [-0.2, -0.15) is 0 Å². The quantitative estimate of drug-likeness (QED) is 0.667. The number of hydrogen-bond acceptors (Lipinski definition) is 3. The first-order chi connectivity index (χ1) is 6.83. The summed E-state index contributed by atoms with van der Waals surface area (Å²) >= 11 is 5.83. The van der Waals surface area contributed by atoms with Crippen LogP contribution in [0.4, 0.5) is 0 Å². The second kappa shape index (κ2) is 3.17. The van der Waals surface area contributed by atoms with Crippen LogP contribution in [0.25, 0.3) is 0 Å². The molecule has 0 amide bonds. The standard InChI is InChI=1S/C10H11ClN2O/c11-9-3-4-12-10(13-9)7-5-6-1-2-8(7)14-6/h3-4,6-8H,1-2,5H2. The van der Waals surface area contributed by atoms with Gasteiger partial charge in [-0.05, 0) is 25.3 Å². The molecule has 74 valence electrons. The first-order valence-electron chi connectivity index (χ1n) is 4.97. The van der Waals surface area contributed by atoms with E-state index < -0.39 is 0 Å². The van der Waals surface area contributed by atoms with Crippen LogP contribution in [-0.4, -0.2) is 22.2 Å². The highest BCUT2D eigenvalue weighted by Crippen LogP contribution is 2.43. The molecule has 14 heavy (non-hydrogen) atoms. The Labute approximate surface area is 87.5 Å². The third-order valence-corrected chi connectivity index (χ3v) is 3.29. The van der Waals surface area contributed by atoms with Gasteiger partial charge in [0.1, 0.15) is 11.0 Å². The van der Waals surface area contributed by atoms with Crippen molar-refractivity contribution >= 4 is 11.6 Å². The molecular weight excluding hydrogens is 200 g/mol. The molecule has 2 saturated heterocycles. The molecule has 0 aromatic carbocycles. The van der Waals surface area contributed by atoms with E-state index in [0.29, 0.717) is 23.3 Å². The van der Waals surface area contributed by atoms with Gasteiger partial charge in [0, 0.05) is 12.1 Å². The van der Waals surface area contributed by atoms with Gasteiger partial charge in [0.05, 0.1) is 12.2 Å². The summed E-state index contributed by atoms with van der Waals surface area (Å²) in [7, 11) is 0. The van der Waals surface area contributed by atoms with Crippen LogP contribution in [0.5, 0.6) is 0 Å². The molecule has 1 aromatic rings. The Kier molecular flexibility index (Phi) is 1.96. The SMILES string of the molecule is Clc1ccnc(C2CC3CCC2O3)n1. The third kappa shape index (κ3) is 1.31. The molecule has 0 N–H and O–H groups in total. The van der Waals surface area contributed by atoms with Crippen LogP contribution < -0.4 is 0 Å². The van der Waals surface area contributed by atoms with Gasteiger partial charge in [0.25, 0.3) is 0 Å². The van der Waals surface area contributed by atoms with Gasteiger partial charge >= 0.3 is 0 Å². The minimum absolute atomic E-state index is 0.332. The molecule has 3 rings (SSSR count). The molecule has 0 spiro atoms. The normalized spacial score (nSPS) is 35.1. The van der Waals surface area contributed by atoms with E-state index in [9.17, 15) is 0 Å². The number of aromatic nitrogens is 2. The van der Waals surface area contributed by atoms with E-state index in [1.807, 2.05) is 0 Å². The van der Waals surface area contributed by atoms with Crippen LogP contribution in [0, 0.1) is 0 Å². The molecule has 0 saturated carbocycles. The minimum atomic E-state index is 0.332. The topological polar surface area (TPSA) is 35.0 Å². The zero-order valence-corrected chi connectivity index (χ0v) is 8.44. The monoisotopic (exact) mass is 210 g/mol. The molecule has 2 aliphatic rings. The highest BCUT2D eigenvalue weighted by Gasteiger charge is 2.42. The maximum Gasteiger partial charge on any atom is 0.135 e. The largest absolute Gasteiger partial charge is 0.374 e. The maximum atomic E-state index is 5.83. The molecule has 2 bridgehead atoms. The summed E-state index contributed by atoms with van der Waals surface area (Å²) in [5.41, 5.74) is 0. The molecule has 4 heteroatoms. The lowest BCUT2D eigenvalue weighted by Gasteiger charge is -2.16. The van der Waals surface area contributed by atoms with E-state index in [0.717, 1.165) is 18.7 Å². The van der Waals surface area contributed by atoms with E-state index in [-0.39, 0.29) is 0 Å². The summed E-state index contributed by atoms with van der Waals surface area (Å²) in [6.45, 7) is 0. The van der Waals surface area contributed by atoms with Crippen molar-refractivity contribution < 1.29 is 4.74 Å². The Morgan fingerprint density at radius 1 is 1.43 bits per heavy atom. The Balaban J connectivity index is 1.89. The molecule has 3 atom stereocenters. The lowest BCUT2D eigenvalue weighted by atomic mass is 9.89. The Hall–Kier alpha value is -0.670. The van der Waals surface area contributed by atoms with E-state index in [1.165, 1.54) is 6.42 Å². The highest BCUT2D eigenvalue weighted by molar-refractivity contribution is 6.29. The van der Waals surface area contributed by atoms with E-state index >= 15 is 0 Å². The Morgan fingerprint density at radius 2 is 2.36 bits per heavy atom. The van der Waals surface area contributed by atoms with Crippen molar-refractivity contribution in [1.82, 2.24) is 9.97 Å². The summed E-state index contributed by atoms with van der Waals surface area (Å²) in [5, 5.41) is 0.526. The van der Waals surface area contributed by atoms with Crippen LogP contribution in [0.2, 0.25) is 5.15 Å². The van der Waals surface area contributed by atoms with Crippen LogP contribution >= 0.6 is 11.6 Å². The lowest BCUT2D eigenvalue weighted by molar-refractivity contribution is 0.0999. The van der Waals surface area contributed by atoms with Crippen molar-refractivity contribution in [2.24, 2.45) is 0 Å². The smallest absolute Gasteiger partial charge is 0.135 e. The zero-order chi connectivity index (χ0) is 9.54. The van der Waals surface area contributed by atoms with Gasteiger partial charge in [0.15, 0.2) is 0 Å². The molecule has 2 fully saturated rings. The second-order valence-corrected chi connectivity index (χ2v) is 4.34. The molecule has 3 heterocycles. The second-order valence-electron chi connectivity index (χ2n) is 3.95. The summed E-state index contributed by atoms with van der Waals surface area (Å²) in [6.07, 6.45) is 5.89. The number of nitrogens with zero attached hydrogens (tertiary/aromatic N) is 2. The molecular formula is C10H11ClN2O. The predicted molar refractivity (Wildman–Crippen MR) is 52.3 cm³/mol. The van der Waals surface area contributed by atoms with Crippen molar-refractivity contribution in [1.29, 1.82) is 0 Å². The van der Waals surface area contributed by atoms with Crippen LogP contribution in [0.15, 0.2) is 12.3 Å².